The molecule has 0 heterocycles. The molecule has 128 valence electrons. The summed E-state index contributed by atoms with van der Waals surface area (Å²) in [5, 5.41) is 0. The Morgan fingerprint density at radius 3 is 2.12 bits per heavy atom. The van der Waals surface area contributed by atoms with E-state index in [0.29, 0.717) is 23.4 Å². The van der Waals surface area contributed by atoms with Crippen LogP contribution in [-0.2, 0) is 5.41 Å². The lowest BCUT2D eigenvalue weighted by molar-refractivity contribution is 0.0786. The lowest BCUT2D eigenvalue weighted by atomic mass is 9.82. The van der Waals surface area contributed by atoms with E-state index in [9.17, 15) is 4.79 Å². The standard InChI is InChI=1S/C21H27NO2/c1-5-19(24-18-13-11-17(22)12-14-18)20(23)15-7-9-16(10-8-15)21(3,4)6-2/h7-14,19H,5-6,22H2,1-4H3. The van der Waals surface area contributed by atoms with Crippen LogP contribution in [0.5, 0.6) is 5.75 Å². The third-order valence-corrected chi connectivity index (χ3v) is 4.66. The minimum atomic E-state index is -0.487. The number of nitrogen functional groups attached to an aromatic ring is 1. The van der Waals surface area contributed by atoms with E-state index in [2.05, 4.69) is 20.8 Å². The lowest BCUT2D eigenvalue weighted by Crippen LogP contribution is -2.27. The minimum absolute atomic E-state index is 0.00943. The summed E-state index contributed by atoms with van der Waals surface area (Å²) in [6.45, 7) is 8.55. The summed E-state index contributed by atoms with van der Waals surface area (Å²) in [5.74, 6) is 0.670. The maximum atomic E-state index is 12.7. The fourth-order valence-electron chi connectivity index (χ4n) is 2.51. The molecule has 3 nitrogen and oxygen atoms in total. The Labute approximate surface area is 144 Å². The van der Waals surface area contributed by atoms with E-state index in [0.717, 1.165) is 6.42 Å². The zero-order valence-electron chi connectivity index (χ0n) is 15.0. The van der Waals surface area contributed by atoms with Crippen molar-refractivity contribution in [2.24, 2.45) is 0 Å². The molecule has 1 atom stereocenters. The average Bonchev–Trinajstić information content (AvgIpc) is 2.60. The van der Waals surface area contributed by atoms with Crippen LogP contribution in [0.1, 0.15) is 56.5 Å². The Morgan fingerprint density at radius 1 is 1.04 bits per heavy atom. The van der Waals surface area contributed by atoms with Gasteiger partial charge in [0.1, 0.15) is 5.75 Å². The predicted molar refractivity (Wildman–Crippen MR) is 99.7 cm³/mol. The largest absolute Gasteiger partial charge is 0.482 e. The van der Waals surface area contributed by atoms with Gasteiger partial charge in [0, 0.05) is 11.3 Å². The average molecular weight is 325 g/mol. The second-order valence-electron chi connectivity index (χ2n) is 6.76. The summed E-state index contributed by atoms with van der Waals surface area (Å²) in [4.78, 5) is 12.7. The first-order valence-corrected chi connectivity index (χ1v) is 8.54. The van der Waals surface area contributed by atoms with Crippen molar-refractivity contribution in [1.82, 2.24) is 0 Å². The number of Topliss-reactive ketones (excluding diaryl/α,β-unsaturated/α-hetero) is 1. The molecule has 24 heavy (non-hydrogen) atoms. The smallest absolute Gasteiger partial charge is 0.203 e. The van der Waals surface area contributed by atoms with Gasteiger partial charge >= 0.3 is 0 Å². The number of benzene rings is 2. The summed E-state index contributed by atoms with van der Waals surface area (Å²) >= 11 is 0. The van der Waals surface area contributed by atoms with Crippen LogP contribution >= 0.6 is 0 Å². The Morgan fingerprint density at radius 2 is 1.62 bits per heavy atom. The first-order chi connectivity index (χ1) is 11.4. The minimum Gasteiger partial charge on any atom is -0.482 e. The topological polar surface area (TPSA) is 52.3 Å². The second-order valence-corrected chi connectivity index (χ2v) is 6.76. The number of anilines is 1. The maximum Gasteiger partial charge on any atom is 0.203 e. The molecule has 0 saturated heterocycles. The third-order valence-electron chi connectivity index (χ3n) is 4.66. The number of rotatable bonds is 7. The van der Waals surface area contributed by atoms with Gasteiger partial charge in [-0.05, 0) is 48.1 Å². The fourth-order valence-corrected chi connectivity index (χ4v) is 2.51. The van der Waals surface area contributed by atoms with Gasteiger partial charge in [0.2, 0.25) is 5.78 Å². The van der Waals surface area contributed by atoms with Crippen molar-refractivity contribution in [1.29, 1.82) is 0 Å². The number of hydrogen-bond acceptors (Lipinski definition) is 3. The Bertz CT molecular complexity index is 672. The van der Waals surface area contributed by atoms with Gasteiger partial charge in [-0.1, -0.05) is 52.0 Å². The van der Waals surface area contributed by atoms with E-state index in [-0.39, 0.29) is 11.2 Å². The van der Waals surface area contributed by atoms with Gasteiger partial charge in [-0.15, -0.1) is 0 Å². The van der Waals surface area contributed by atoms with Crippen LogP contribution in [0.4, 0.5) is 5.69 Å². The Balaban J connectivity index is 2.14. The first-order valence-electron chi connectivity index (χ1n) is 8.54. The van der Waals surface area contributed by atoms with Gasteiger partial charge in [-0.3, -0.25) is 4.79 Å². The van der Waals surface area contributed by atoms with Crippen molar-refractivity contribution < 1.29 is 9.53 Å². The zero-order valence-corrected chi connectivity index (χ0v) is 15.0. The molecule has 0 amide bonds. The molecule has 0 aliphatic carbocycles. The molecule has 1 unspecified atom stereocenters. The molecule has 0 saturated carbocycles. The molecule has 0 fully saturated rings. The molecule has 0 radical (unpaired) electrons. The van der Waals surface area contributed by atoms with Crippen LogP contribution in [0.3, 0.4) is 0 Å². The SMILES string of the molecule is CCC(Oc1ccc(N)cc1)C(=O)c1ccc(C(C)(C)CC)cc1. The molecule has 2 aromatic carbocycles. The molecule has 2 N–H and O–H groups in total. The summed E-state index contributed by atoms with van der Waals surface area (Å²) in [7, 11) is 0. The van der Waals surface area contributed by atoms with Crippen LogP contribution in [-0.4, -0.2) is 11.9 Å². The number of carbonyl (C=O) groups excluding carboxylic acids is 1. The van der Waals surface area contributed by atoms with Crippen molar-refractivity contribution in [3.05, 3.63) is 59.7 Å². The number of ketones is 1. The highest BCUT2D eigenvalue weighted by Crippen LogP contribution is 2.27. The van der Waals surface area contributed by atoms with E-state index < -0.39 is 6.10 Å². The summed E-state index contributed by atoms with van der Waals surface area (Å²) in [6.07, 6.45) is 1.18. The van der Waals surface area contributed by atoms with Crippen molar-refractivity contribution >= 4 is 11.5 Å². The van der Waals surface area contributed by atoms with Crippen LogP contribution in [0.25, 0.3) is 0 Å². The Kier molecular flexibility index (Phi) is 5.66. The highest BCUT2D eigenvalue weighted by atomic mass is 16.5. The van der Waals surface area contributed by atoms with Gasteiger partial charge < -0.3 is 10.5 Å². The van der Waals surface area contributed by atoms with E-state index in [1.165, 1.54) is 5.56 Å². The molecular formula is C21H27NO2. The number of carbonyl (C=O) groups is 1. The monoisotopic (exact) mass is 325 g/mol. The van der Waals surface area contributed by atoms with Gasteiger partial charge in [0.15, 0.2) is 6.10 Å². The van der Waals surface area contributed by atoms with Crippen molar-refractivity contribution in [3.8, 4) is 5.75 Å². The molecule has 0 aliphatic heterocycles. The normalized spacial score (nSPS) is 12.7. The molecular weight excluding hydrogens is 298 g/mol. The number of ether oxygens (including phenoxy) is 1. The molecule has 0 spiro atoms. The molecule has 0 bridgehead atoms. The number of hydrogen-bond donors (Lipinski definition) is 1. The second kappa shape index (κ2) is 7.52. The quantitative estimate of drug-likeness (QED) is 0.576. The molecule has 0 aromatic heterocycles. The van der Waals surface area contributed by atoms with Gasteiger partial charge in [-0.2, -0.15) is 0 Å². The van der Waals surface area contributed by atoms with Gasteiger partial charge in [0.05, 0.1) is 0 Å². The summed E-state index contributed by atoms with van der Waals surface area (Å²) < 4.78 is 5.85. The van der Waals surface area contributed by atoms with Crippen molar-refractivity contribution in [3.63, 3.8) is 0 Å². The number of nitrogens with two attached hydrogens (primary N) is 1. The molecule has 2 rings (SSSR count). The molecule has 2 aromatic rings. The molecule has 3 heteroatoms. The van der Waals surface area contributed by atoms with Crippen LogP contribution in [0.15, 0.2) is 48.5 Å². The van der Waals surface area contributed by atoms with Crippen molar-refractivity contribution in [2.75, 3.05) is 5.73 Å². The van der Waals surface area contributed by atoms with Gasteiger partial charge in [0.25, 0.3) is 0 Å². The van der Waals surface area contributed by atoms with Crippen LogP contribution in [0, 0.1) is 0 Å². The van der Waals surface area contributed by atoms with Crippen LogP contribution < -0.4 is 10.5 Å². The lowest BCUT2D eigenvalue weighted by Gasteiger charge is -2.23. The van der Waals surface area contributed by atoms with E-state index >= 15 is 0 Å². The maximum absolute atomic E-state index is 12.7. The van der Waals surface area contributed by atoms with E-state index in [1.807, 2.05) is 31.2 Å². The zero-order chi connectivity index (χ0) is 17.7. The highest BCUT2D eigenvalue weighted by Gasteiger charge is 2.22. The predicted octanol–water partition coefficient (Wildman–Crippen LogP) is 5.00. The van der Waals surface area contributed by atoms with E-state index in [1.54, 1.807) is 24.3 Å². The molecule has 0 aliphatic rings. The van der Waals surface area contributed by atoms with Crippen LogP contribution in [0.2, 0.25) is 0 Å². The third kappa shape index (κ3) is 4.16. The van der Waals surface area contributed by atoms with Crippen molar-refractivity contribution in [2.45, 2.75) is 52.1 Å². The fraction of sp³-hybridized carbons (Fsp3) is 0.381. The van der Waals surface area contributed by atoms with E-state index in [4.69, 9.17) is 10.5 Å². The summed E-state index contributed by atoms with van der Waals surface area (Å²) in [6, 6.07) is 15.0. The summed E-state index contributed by atoms with van der Waals surface area (Å²) in [5.41, 5.74) is 8.41. The van der Waals surface area contributed by atoms with Gasteiger partial charge in [-0.25, -0.2) is 0 Å². The first kappa shape index (κ1) is 18.1. The highest BCUT2D eigenvalue weighted by molar-refractivity contribution is 5.99. The Hall–Kier alpha value is -2.29.